The molecule has 126 valence electrons. The summed E-state index contributed by atoms with van der Waals surface area (Å²) in [7, 11) is 0. The number of hydrogen-bond donors (Lipinski definition) is 0. The summed E-state index contributed by atoms with van der Waals surface area (Å²) in [6.45, 7) is 4.61. The highest BCUT2D eigenvalue weighted by Gasteiger charge is 2.31. The van der Waals surface area contributed by atoms with Crippen molar-refractivity contribution in [3.05, 3.63) is 77.1 Å². The molecule has 0 bridgehead atoms. The molecule has 4 heteroatoms. The summed E-state index contributed by atoms with van der Waals surface area (Å²) in [5.74, 6) is 1.17. The Balaban J connectivity index is 1.54. The number of aromatic nitrogens is 2. The van der Waals surface area contributed by atoms with Gasteiger partial charge in [0.2, 0.25) is 0 Å². The molecule has 1 aliphatic carbocycles. The van der Waals surface area contributed by atoms with Crippen LogP contribution in [-0.2, 0) is 6.61 Å². The van der Waals surface area contributed by atoms with Crippen LogP contribution in [0.25, 0.3) is 5.69 Å². The van der Waals surface area contributed by atoms with Gasteiger partial charge in [-0.05, 0) is 53.8 Å². The highest BCUT2D eigenvalue weighted by Crippen LogP contribution is 2.40. The van der Waals surface area contributed by atoms with Gasteiger partial charge in [0.05, 0.1) is 11.3 Å². The molecule has 3 aromatic rings. The molecule has 4 nitrogen and oxygen atoms in total. The third kappa shape index (κ3) is 2.84. The van der Waals surface area contributed by atoms with Gasteiger partial charge in [-0.1, -0.05) is 25.1 Å². The number of fused-ring (bicyclic) bond motifs is 1. The number of ether oxygens (including phenoxy) is 1. The first kappa shape index (κ1) is 15.6. The molecule has 0 saturated carbocycles. The second-order valence-electron chi connectivity index (χ2n) is 6.60. The van der Waals surface area contributed by atoms with E-state index in [1.807, 2.05) is 53.3 Å². The topological polar surface area (TPSA) is 44.1 Å². The first-order valence-electron chi connectivity index (χ1n) is 8.52. The number of rotatable bonds is 4. The number of nitrogens with zero attached hydrogens (tertiary/aromatic N) is 2. The van der Waals surface area contributed by atoms with E-state index in [1.165, 1.54) is 5.56 Å². The first-order chi connectivity index (χ1) is 12.1. The average molecular weight is 332 g/mol. The largest absolute Gasteiger partial charge is 0.488 e. The van der Waals surface area contributed by atoms with Crippen molar-refractivity contribution in [1.29, 1.82) is 0 Å². The van der Waals surface area contributed by atoms with Crippen molar-refractivity contribution in [3.8, 4) is 11.4 Å². The van der Waals surface area contributed by atoms with Crippen LogP contribution >= 0.6 is 0 Å². The second-order valence-corrected chi connectivity index (χ2v) is 6.60. The molecule has 0 saturated heterocycles. The standard InChI is InChI=1S/C21H20N2O2/c1-14-4-9-19(21-18(24)12-15(2)20(14)21)25-13-16-5-7-17(8-6-16)23-11-3-10-22-23/h3-11,15H,12-13H2,1-2H3. The minimum atomic E-state index is 0.190. The molecule has 0 radical (unpaired) electrons. The van der Waals surface area contributed by atoms with E-state index in [1.54, 1.807) is 6.20 Å². The summed E-state index contributed by atoms with van der Waals surface area (Å²) >= 11 is 0. The lowest BCUT2D eigenvalue weighted by atomic mass is 9.97. The van der Waals surface area contributed by atoms with Gasteiger partial charge < -0.3 is 4.74 Å². The zero-order valence-electron chi connectivity index (χ0n) is 14.4. The van der Waals surface area contributed by atoms with Gasteiger partial charge >= 0.3 is 0 Å². The van der Waals surface area contributed by atoms with Crippen LogP contribution in [0.1, 0.15) is 46.3 Å². The summed E-state index contributed by atoms with van der Waals surface area (Å²) in [6.07, 6.45) is 4.25. The van der Waals surface area contributed by atoms with Gasteiger partial charge in [-0.2, -0.15) is 5.10 Å². The minimum absolute atomic E-state index is 0.190. The highest BCUT2D eigenvalue weighted by molar-refractivity contribution is 6.04. The zero-order valence-corrected chi connectivity index (χ0v) is 14.4. The Morgan fingerprint density at radius 2 is 2.00 bits per heavy atom. The molecular weight excluding hydrogens is 312 g/mol. The fourth-order valence-electron chi connectivity index (χ4n) is 3.56. The van der Waals surface area contributed by atoms with Crippen molar-refractivity contribution in [2.45, 2.75) is 32.8 Å². The van der Waals surface area contributed by atoms with E-state index >= 15 is 0 Å². The highest BCUT2D eigenvalue weighted by atomic mass is 16.5. The van der Waals surface area contributed by atoms with Gasteiger partial charge in [-0.25, -0.2) is 4.68 Å². The lowest BCUT2D eigenvalue weighted by Crippen LogP contribution is -2.03. The van der Waals surface area contributed by atoms with Crippen LogP contribution in [-0.4, -0.2) is 15.6 Å². The van der Waals surface area contributed by atoms with Gasteiger partial charge in [-0.3, -0.25) is 4.79 Å². The zero-order chi connectivity index (χ0) is 17.4. The van der Waals surface area contributed by atoms with Crippen LogP contribution in [0, 0.1) is 6.92 Å². The minimum Gasteiger partial charge on any atom is -0.488 e. The Labute approximate surface area is 147 Å². The number of hydrogen-bond acceptors (Lipinski definition) is 3. The van der Waals surface area contributed by atoms with Gasteiger partial charge in [0, 0.05) is 18.8 Å². The Hall–Kier alpha value is -2.88. The molecule has 0 aliphatic heterocycles. The Bertz CT molecular complexity index is 912. The van der Waals surface area contributed by atoms with Crippen molar-refractivity contribution in [2.75, 3.05) is 0 Å². The number of carbonyl (C=O) groups is 1. The maximum absolute atomic E-state index is 12.3. The molecule has 1 atom stereocenters. The molecule has 0 spiro atoms. The predicted octanol–water partition coefficient (Wildman–Crippen LogP) is 4.45. The van der Waals surface area contributed by atoms with E-state index in [4.69, 9.17) is 4.74 Å². The molecule has 1 aromatic heterocycles. The van der Waals surface area contributed by atoms with Gasteiger partial charge in [0.25, 0.3) is 0 Å². The molecule has 0 fully saturated rings. The van der Waals surface area contributed by atoms with E-state index in [2.05, 4.69) is 18.9 Å². The van der Waals surface area contributed by atoms with Gasteiger partial charge in [0.1, 0.15) is 12.4 Å². The first-order valence-corrected chi connectivity index (χ1v) is 8.52. The number of benzene rings is 2. The van der Waals surface area contributed by atoms with Crippen LogP contribution in [0.5, 0.6) is 5.75 Å². The average Bonchev–Trinajstić information content (AvgIpc) is 3.24. The molecule has 4 rings (SSSR count). The fourth-order valence-corrected chi connectivity index (χ4v) is 3.56. The summed E-state index contributed by atoms with van der Waals surface area (Å²) in [5, 5.41) is 4.22. The van der Waals surface area contributed by atoms with Crippen LogP contribution in [0.2, 0.25) is 0 Å². The van der Waals surface area contributed by atoms with Gasteiger partial charge in [0.15, 0.2) is 5.78 Å². The third-order valence-corrected chi connectivity index (χ3v) is 4.79. The lowest BCUT2D eigenvalue weighted by molar-refractivity contribution is 0.0986. The molecular formula is C21H20N2O2. The van der Waals surface area contributed by atoms with Gasteiger partial charge in [-0.15, -0.1) is 0 Å². The van der Waals surface area contributed by atoms with E-state index in [-0.39, 0.29) is 11.7 Å². The van der Waals surface area contributed by atoms with E-state index in [9.17, 15) is 4.79 Å². The molecule has 0 amide bonds. The van der Waals surface area contributed by atoms with Crippen LogP contribution < -0.4 is 4.74 Å². The maximum Gasteiger partial charge on any atom is 0.167 e. The molecule has 1 aliphatic rings. The summed E-state index contributed by atoms with van der Waals surface area (Å²) in [4.78, 5) is 12.3. The van der Waals surface area contributed by atoms with Crippen molar-refractivity contribution < 1.29 is 9.53 Å². The monoisotopic (exact) mass is 332 g/mol. The van der Waals surface area contributed by atoms with E-state index in [0.29, 0.717) is 18.8 Å². The van der Waals surface area contributed by atoms with E-state index < -0.39 is 0 Å². The molecule has 0 N–H and O–H groups in total. The predicted molar refractivity (Wildman–Crippen MR) is 96.4 cm³/mol. The number of carbonyl (C=O) groups excluding carboxylic acids is 1. The number of Topliss-reactive ketones (excluding diaryl/α,β-unsaturated/α-hetero) is 1. The quantitative estimate of drug-likeness (QED) is 0.709. The molecule has 1 heterocycles. The molecule has 2 aromatic carbocycles. The van der Waals surface area contributed by atoms with Crippen molar-refractivity contribution in [2.24, 2.45) is 0 Å². The normalized spacial score (nSPS) is 16.1. The van der Waals surface area contributed by atoms with Crippen molar-refractivity contribution in [1.82, 2.24) is 9.78 Å². The smallest absolute Gasteiger partial charge is 0.167 e. The van der Waals surface area contributed by atoms with Crippen molar-refractivity contribution in [3.63, 3.8) is 0 Å². The summed E-state index contributed by atoms with van der Waals surface area (Å²) < 4.78 is 7.81. The van der Waals surface area contributed by atoms with Crippen molar-refractivity contribution >= 4 is 5.78 Å². The maximum atomic E-state index is 12.3. The molecule has 25 heavy (non-hydrogen) atoms. The Morgan fingerprint density at radius 1 is 1.20 bits per heavy atom. The second kappa shape index (κ2) is 6.20. The third-order valence-electron chi connectivity index (χ3n) is 4.79. The van der Waals surface area contributed by atoms with Crippen LogP contribution in [0.15, 0.2) is 54.9 Å². The number of aryl methyl sites for hydroxylation is 1. The molecule has 1 unspecified atom stereocenters. The van der Waals surface area contributed by atoms with E-state index in [0.717, 1.165) is 22.4 Å². The summed E-state index contributed by atoms with van der Waals surface area (Å²) in [5.41, 5.74) is 5.17. The SMILES string of the molecule is Cc1ccc(OCc2ccc(-n3cccn3)cc2)c2c1C(C)CC2=O. The Morgan fingerprint density at radius 3 is 2.72 bits per heavy atom. The number of ketones is 1. The lowest BCUT2D eigenvalue weighted by Gasteiger charge is -2.13. The Kier molecular flexibility index (Phi) is 3.88. The van der Waals surface area contributed by atoms with Crippen LogP contribution in [0.3, 0.4) is 0 Å². The summed E-state index contributed by atoms with van der Waals surface area (Å²) in [6, 6.07) is 13.9. The van der Waals surface area contributed by atoms with Crippen LogP contribution in [0.4, 0.5) is 0 Å². The fraction of sp³-hybridized carbons (Fsp3) is 0.238.